The van der Waals surface area contributed by atoms with Crippen molar-refractivity contribution in [1.29, 1.82) is 0 Å². The Balaban J connectivity index is 1.82. The molecule has 6 nitrogen and oxygen atoms in total. The molecule has 0 saturated carbocycles. The number of imidazole rings is 2. The predicted molar refractivity (Wildman–Crippen MR) is 94.1 cm³/mol. The topological polar surface area (TPSA) is 56.4 Å². The van der Waals surface area contributed by atoms with E-state index in [4.69, 9.17) is 0 Å². The van der Waals surface area contributed by atoms with Crippen LogP contribution in [0.15, 0.2) is 55.4 Å². The van der Waals surface area contributed by atoms with E-state index in [1.54, 1.807) is 0 Å². The lowest BCUT2D eigenvalue weighted by Gasteiger charge is -2.03. The number of H-pyrrole nitrogens is 1. The molecule has 4 aromatic heterocycles. The molecule has 1 N–H and O–H groups in total. The van der Waals surface area contributed by atoms with E-state index in [-0.39, 0.29) is 0 Å². The fraction of sp³-hybridized carbons (Fsp3) is 0.111. The van der Waals surface area contributed by atoms with Crippen molar-refractivity contribution in [1.82, 2.24) is 28.7 Å². The van der Waals surface area contributed by atoms with Gasteiger partial charge in [-0.05, 0) is 6.07 Å². The van der Waals surface area contributed by atoms with E-state index in [1.165, 1.54) is 10.8 Å². The summed E-state index contributed by atoms with van der Waals surface area (Å²) in [5.74, 6) is 0.885. The fourth-order valence-electron chi connectivity index (χ4n) is 3.33. The standard InChI is InChI=1S/C18H16N6/c1-22-10-15(20-11-22)14-5-3-4-12-13-6-8-24(17(13)21-16(12)14)18-19-7-9-23(18)2/h3-11,21H,1-2H3. The zero-order valence-corrected chi connectivity index (χ0v) is 13.4. The van der Waals surface area contributed by atoms with E-state index in [0.29, 0.717) is 0 Å². The van der Waals surface area contributed by atoms with Crippen LogP contribution in [0.3, 0.4) is 0 Å². The number of aromatic nitrogens is 6. The van der Waals surface area contributed by atoms with Gasteiger partial charge in [0.15, 0.2) is 0 Å². The first kappa shape index (κ1) is 13.2. The van der Waals surface area contributed by atoms with Gasteiger partial charge in [0.05, 0.1) is 17.5 Å². The molecule has 0 saturated heterocycles. The molecular weight excluding hydrogens is 300 g/mol. The van der Waals surface area contributed by atoms with Crippen molar-refractivity contribution in [3.05, 3.63) is 55.4 Å². The van der Waals surface area contributed by atoms with Crippen LogP contribution in [0.2, 0.25) is 0 Å². The molecule has 0 atom stereocenters. The van der Waals surface area contributed by atoms with E-state index in [0.717, 1.165) is 28.4 Å². The SMILES string of the molecule is Cn1cnc(-c2cccc3c2[nH]c2c3ccn2-c2nccn2C)c1. The lowest BCUT2D eigenvalue weighted by Crippen LogP contribution is -2.01. The fourth-order valence-corrected chi connectivity index (χ4v) is 3.33. The number of nitrogens with zero attached hydrogens (tertiary/aromatic N) is 5. The van der Waals surface area contributed by atoms with Crippen LogP contribution >= 0.6 is 0 Å². The minimum Gasteiger partial charge on any atom is -0.340 e. The largest absolute Gasteiger partial charge is 0.340 e. The molecule has 0 amide bonds. The van der Waals surface area contributed by atoms with Crippen molar-refractivity contribution in [2.24, 2.45) is 14.1 Å². The number of benzene rings is 1. The average Bonchev–Trinajstić information content (AvgIpc) is 3.31. The first-order valence-corrected chi connectivity index (χ1v) is 7.80. The van der Waals surface area contributed by atoms with Gasteiger partial charge in [-0.25, -0.2) is 9.97 Å². The molecule has 0 aliphatic rings. The lowest BCUT2D eigenvalue weighted by molar-refractivity contribution is 0.831. The van der Waals surface area contributed by atoms with Crippen LogP contribution in [0, 0.1) is 0 Å². The van der Waals surface area contributed by atoms with Crippen LogP contribution in [0.5, 0.6) is 0 Å². The van der Waals surface area contributed by atoms with Gasteiger partial charge in [0.25, 0.3) is 0 Å². The number of nitrogens with one attached hydrogen (secondary N) is 1. The molecule has 0 radical (unpaired) electrons. The average molecular weight is 316 g/mol. The molecule has 1 aromatic carbocycles. The van der Waals surface area contributed by atoms with E-state index >= 15 is 0 Å². The molecule has 118 valence electrons. The summed E-state index contributed by atoms with van der Waals surface area (Å²) >= 11 is 0. The number of fused-ring (bicyclic) bond motifs is 3. The molecule has 0 unspecified atom stereocenters. The minimum absolute atomic E-state index is 0.885. The maximum absolute atomic E-state index is 4.50. The Labute approximate surface area is 138 Å². The summed E-state index contributed by atoms with van der Waals surface area (Å²) in [4.78, 5) is 12.5. The minimum atomic E-state index is 0.885. The highest BCUT2D eigenvalue weighted by atomic mass is 15.2. The lowest BCUT2D eigenvalue weighted by atomic mass is 10.1. The van der Waals surface area contributed by atoms with Gasteiger partial charge in [-0.2, -0.15) is 0 Å². The molecule has 24 heavy (non-hydrogen) atoms. The molecule has 0 aliphatic heterocycles. The number of para-hydroxylation sites is 1. The van der Waals surface area contributed by atoms with Crippen LogP contribution in [-0.4, -0.2) is 28.7 Å². The number of hydrogen-bond donors (Lipinski definition) is 1. The van der Waals surface area contributed by atoms with E-state index < -0.39 is 0 Å². The summed E-state index contributed by atoms with van der Waals surface area (Å²) < 4.78 is 6.05. The number of aryl methyl sites for hydroxylation is 2. The molecule has 4 heterocycles. The molecular formula is C18H16N6. The maximum atomic E-state index is 4.50. The van der Waals surface area contributed by atoms with Crippen molar-refractivity contribution in [3.63, 3.8) is 0 Å². The first-order valence-electron chi connectivity index (χ1n) is 7.80. The summed E-state index contributed by atoms with van der Waals surface area (Å²) in [7, 11) is 3.98. The molecule has 5 aromatic rings. The maximum Gasteiger partial charge on any atom is 0.215 e. The van der Waals surface area contributed by atoms with Crippen molar-refractivity contribution < 1.29 is 0 Å². The third kappa shape index (κ3) is 1.70. The van der Waals surface area contributed by atoms with Gasteiger partial charge in [0.1, 0.15) is 5.65 Å². The molecule has 5 rings (SSSR count). The second-order valence-corrected chi connectivity index (χ2v) is 6.06. The van der Waals surface area contributed by atoms with Crippen molar-refractivity contribution in [2.75, 3.05) is 0 Å². The van der Waals surface area contributed by atoms with Gasteiger partial charge in [-0.15, -0.1) is 0 Å². The van der Waals surface area contributed by atoms with Crippen molar-refractivity contribution >= 4 is 21.9 Å². The highest BCUT2D eigenvalue weighted by molar-refractivity contribution is 6.11. The Kier molecular flexibility index (Phi) is 2.53. The van der Waals surface area contributed by atoms with Gasteiger partial charge < -0.3 is 14.1 Å². The Morgan fingerprint density at radius 2 is 1.92 bits per heavy atom. The smallest absolute Gasteiger partial charge is 0.215 e. The Morgan fingerprint density at radius 1 is 1.00 bits per heavy atom. The molecule has 6 heteroatoms. The van der Waals surface area contributed by atoms with Crippen molar-refractivity contribution in [2.45, 2.75) is 0 Å². The zero-order valence-electron chi connectivity index (χ0n) is 13.4. The zero-order chi connectivity index (χ0) is 16.3. The summed E-state index contributed by atoms with van der Waals surface area (Å²) in [5.41, 5.74) is 4.22. The van der Waals surface area contributed by atoms with E-state index in [9.17, 15) is 0 Å². The van der Waals surface area contributed by atoms with Crippen molar-refractivity contribution in [3.8, 4) is 17.2 Å². The monoisotopic (exact) mass is 316 g/mol. The summed E-state index contributed by atoms with van der Waals surface area (Å²) in [6, 6.07) is 8.46. The predicted octanol–water partition coefficient (Wildman–Crippen LogP) is 3.25. The third-order valence-corrected chi connectivity index (χ3v) is 4.48. The van der Waals surface area contributed by atoms with Gasteiger partial charge in [0.2, 0.25) is 5.95 Å². The van der Waals surface area contributed by atoms with E-state index in [1.807, 2.05) is 48.1 Å². The Hall–Kier alpha value is -3.28. The Bertz CT molecular complexity index is 1180. The van der Waals surface area contributed by atoms with Gasteiger partial charge in [-0.1, -0.05) is 18.2 Å². The van der Waals surface area contributed by atoms with E-state index in [2.05, 4.69) is 50.0 Å². The third-order valence-electron chi connectivity index (χ3n) is 4.48. The van der Waals surface area contributed by atoms with Gasteiger partial charge >= 0.3 is 0 Å². The molecule has 0 fully saturated rings. The summed E-state index contributed by atoms with van der Waals surface area (Å²) in [6.07, 6.45) is 9.67. The van der Waals surface area contributed by atoms with Crippen LogP contribution in [-0.2, 0) is 14.1 Å². The normalized spacial score (nSPS) is 11.8. The summed E-state index contributed by atoms with van der Waals surface area (Å²) in [5, 5.41) is 2.38. The van der Waals surface area contributed by atoms with Gasteiger partial charge in [0, 0.05) is 55.2 Å². The Morgan fingerprint density at radius 3 is 2.67 bits per heavy atom. The van der Waals surface area contributed by atoms with Crippen LogP contribution in [0.1, 0.15) is 0 Å². The highest BCUT2D eigenvalue weighted by Gasteiger charge is 2.15. The number of aromatic amines is 1. The second-order valence-electron chi connectivity index (χ2n) is 6.06. The van der Waals surface area contributed by atoms with Gasteiger partial charge in [-0.3, -0.25) is 4.57 Å². The highest BCUT2D eigenvalue weighted by Crippen LogP contribution is 2.33. The summed E-state index contributed by atoms with van der Waals surface area (Å²) in [6.45, 7) is 0. The van der Waals surface area contributed by atoms with Crippen LogP contribution in [0.25, 0.3) is 39.1 Å². The molecule has 0 aliphatic carbocycles. The quantitative estimate of drug-likeness (QED) is 0.543. The van der Waals surface area contributed by atoms with Crippen LogP contribution < -0.4 is 0 Å². The second kappa shape index (κ2) is 4.61. The number of hydrogen-bond acceptors (Lipinski definition) is 2. The molecule has 0 bridgehead atoms. The van der Waals surface area contributed by atoms with Crippen LogP contribution in [0.4, 0.5) is 0 Å². The first-order chi connectivity index (χ1) is 11.7. The molecule has 0 spiro atoms. The number of rotatable bonds is 2.